The summed E-state index contributed by atoms with van der Waals surface area (Å²) in [5.41, 5.74) is 0.172. The average molecular weight is 399 g/mol. The number of rotatable bonds is 21. The molecule has 0 heterocycles. The van der Waals surface area contributed by atoms with Gasteiger partial charge < -0.3 is 9.47 Å². The predicted molar refractivity (Wildman–Crippen MR) is 125 cm³/mol. The van der Waals surface area contributed by atoms with Gasteiger partial charge in [0.1, 0.15) is 0 Å². The molecule has 0 spiro atoms. The van der Waals surface area contributed by atoms with Crippen LogP contribution < -0.4 is 0 Å². The molecule has 0 radical (unpaired) electrons. The molecule has 0 N–H and O–H groups in total. The number of unbranched alkanes of at least 4 members (excludes halogenated alkanes) is 8. The largest absolute Gasteiger partial charge is 0.350 e. The highest BCUT2D eigenvalue weighted by Crippen LogP contribution is 2.51. The molecule has 0 aliphatic carbocycles. The zero-order chi connectivity index (χ0) is 21.1. The fourth-order valence-electron chi connectivity index (χ4n) is 4.85. The van der Waals surface area contributed by atoms with E-state index >= 15 is 0 Å². The Morgan fingerprint density at radius 2 is 0.821 bits per heavy atom. The zero-order valence-corrected chi connectivity index (χ0v) is 20.5. The second kappa shape index (κ2) is 17.8. The Bertz CT molecular complexity index is 312. The van der Waals surface area contributed by atoms with Crippen molar-refractivity contribution in [3.63, 3.8) is 0 Å². The molecule has 0 rings (SSSR count). The van der Waals surface area contributed by atoms with E-state index in [4.69, 9.17) is 9.47 Å². The molecule has 0 aromatic heterocycles. The topological polar surface area (TPSA) is 18.5 Å². The summed E-state index contributed by atoms with van der Waals surface area (Å²) in [5.74, 6) is -0.389. The van der Waals surface area contributed by atoms with Gasteiger partial charge in [0.15, 0.2) is 5.79 Å². The predicted octanol–water partition coefficient (Wildman–Crippen LogP) is 9.06. The Labute approximate surface area is 178 Å². The highest BCUT2D eigenvalue weighted by molar-refractivity contribution is 4.94. The van der Waals surface area contributed by atoms with Gasteiger partial charge in [-0.3, -0.25) is 0 Å². The summed E-state index contributed by atoms with van der Waals surface area (Å²) in [6, 6.07) is 0. The van der Waals surface area contributed by atoms with Crippen LogP contribution in [0.25, 0.3) is 0 Å². The van der Waals surface area contributed by atoms with Crippen molar-refractivity contribution in [1.82, 2.24) is 0 Å². The minimum Gasteiger partial charge on any atom is -0.350 e. The molecule has 2 heteroatoms. The lowest BCUT2D eigenvalue weighted by Crippen LogP contribution is -2.53. The van der Waals surface area contributed by atoms with Crippen molar-refractivity contribution in [1.29, 1.82) is 0 Å². The molecule has 0 atom stereocenters. The normalized spacial score (nSPS) is 12.6. The maximum Gasteiger partial charge on any atom is 0.173 e. The van der Waals surface area contributed by atoms with Gasteiger partial charge in [-0.05, 0) is 39.5 Å². The first-order chi connectivity index (χ1) is 13.6. The second-order valence-corrected chi connectivity index (χ2v) is 8.73. The van der Waals surface area contributed by atoms with Crippen LogP contribution >= 0.6 is 0 Å². The lowest BCUT2D eigenvalue weighted by molar-refractivity contribution is -0.308. The number of hydrogen-bond donors (Lipinski definition) is 0. The fourth-order valence-corrected chi connectivity index (χ4v) is 4.85. The molecule has 0 amide bonds. The average Bonchev–Trinajstić information content (AvgIpc) is 2.70. The van der Waals surface area contributed by atoms with E-state index in [1.165, 1.54) is 96.3 Å². The van der Waals surface area contributed by atoms with E-state index in [1.807, 2.05) is 0 Å². The van der Waals surface area contributed by atoms with Crippen LogP contribution in [0.1, 0.15) is 144 Å². The molecule has 0 aliphatic rings. The van der Waals surface area contributed by atoms with Crippen LogP contribution in [0.4, 0.5) is 0 Å². The highest BCUT2D eigenvalue weighted by atomic mass is 16.7. The van der Waals surface area contributed by atoms with E-state index in [0.29, 0.717) is 0 Å². The quantitative estimate of drug-likeness (QED) is 0.142. The summed E-state index contributed by atoms with van der Waals surface area (Å²) < 4.78 is 13.2. The third-order valence-electron chi connectivity index (χ3n) is 6.45. The van der Waals surface area contributed by atoms with Crippen molar-refractivity contribution in [2.75, 3.05) is 13.2 Å². The van der Waals surface area contributed by atoms with E-state index < -0.39 is 0 Å². The van der Waals surface area contributed by atoms with E-state index in [9.17, 15) is 0 Å². The Balaban J connectivity index is 5.61. The van der Waals surface area contributed by atoms with Gasteiger partial charge in [0.05, 0.1) is 0 Å². The van der Waals surface area contributed by atoms with Crippen LogP contribution in [0.3, 0.4) is 0 Å². The SMILES string of the molecule is CCCCCCCCC(CCCC)(CCCC)C(CCCC)(OCC)OCC. The van der Waals surface area contributed by atoms with Gasteiger partial charge in [0.2, 0.25) is 0 Å². The molecule has 0 aromatic carbocycles. The van der Waals surface area contributed by atoms with Crippen molar-refractivity contribution in [2.24, 2.45) is 5.41 Å². The highest BCUT2D eigenvalue weighted by Gasteiger charge is 2.51. The minimum absolute atomic E-state index is 0.172. The molecule has 0 bridgehead atoms. The maximum atomic E-state index is 6.61. The van der Waals surface area contributed by atoms with Gasteiger partial charge in [-0.2, -0.15) is 0 Å². The monoisotopic (exact) mass is 398 g/mol. The van der Waals surface area contributed by atoms with Crippen LogP contribution in [-0.2, 0) is 9.47 Å². The fraction of sp³-hybridized carbons (Fsp3) is 1.00. The summed E-state index contributed by atoms with van der Waals surface area (Å²) in [6.45, 7) is 15.0. The van der Waals surface area contributed by atoms with Gasteiger partial charge in [-0.25, -0.2) is 0 Å². The van der Waals surface area contributed by atoms with E-state index in [1.54, 1.807) is 0 Å². The Hall–Kier alpha value is -0.0800. The van der Waals surface area contributed by atoms with Crippen LogP contribution in [0, 0.1) is 5.41 Å². The molecule has 0 aliphatic heterocycles. The summed E-state index contributed by atoms with van der Waals surface area (Å²) in [5, 5.41) is 0. The maximum absolute atomic E-state index is 6.61. The molecule has 170 valence electrons. The standard InChI is InChI=1S/C26H54O2/c1-7-13-17-18-19-20-23-25(21-14-8-2,22-15-9-3)26(27-11-5,28-12-6)24-16-10-4/h7-24H2,1-6H3. The van der Waals surface area contributed by atoms with Crippen LogP contribution in [0.2, 0.25) is 0 Å². The second-order valence-electron chi connectivity index (χ2n) is 8.73. The lowest BCUT2D eigenvalue weighted by Gasteiger charge is -2.51. The number of ether oxygens (including phenoxy) is 2. The molecular weight excluding hydrogens is 344 g/mol. The van der Waals surface area contributed by atoms with Crippen molar-refractivity contribution < 1.29 is 9.47 Å². The molecule has 0 aromatic rings. The minimum atomic E-state index is -0.389. The Kier molecular flexibility index (Phi) is 17.7. The van der Waals surface area contributed by atoms with Gasteiger partial charge in [-0.15, -0.1) is 0 Å². The summed E-state index contributed by atoms with van der Waals surface area (Å²) >= 11 is 0. The Morgan fingerprint density at radius 1 is 0.429 bits per heavy atom. The molecular formula is C26H54O2. The van der Waals surface area contributed by atoms with Crippen molar-refractivity contribution in [3.8, 4) is 0 Å². The molecule has 0 saturated heterocycles. The molecule has 0 saturated carbocycles. The van der Waals surface area contributed by atoms with Crippen LogP contribution in [0.15, 0.2) is 0 Å². The van der Waals surface area contributed by atoms with Crippen LogP contribution in [0.5, 0.6) is 0 Å². The molecule has 2 nitrogen and oxygen atoms in total. The molecule has 28 heavy (non-hydrogen) atoms. The first kappa shape index (κ1) is 27.9. The molecule has 0 fully saturated rings. The zero-order valence-electron chi connectivity index (χ0n) is 20.5. The first-order valence-corrected chi connectivity index (χ1v) is 12.9. The Morgan fingerprint density at radius 3 is 1.29 bits per heavy atom. The van der Waals surface area contributed by atoms with Gasteiger partial charge in [-0.1, -0.05) is 98.3 Å². The summed E-state index contributed by atoms with van der Waals surface area (Å²) in [4.78, 5) is 0. The van der Waals surface area contributed by atoms with E-state index in [0.717, 1.165) is 19.6 Å². The molecule has 0 unspecified atom stereocenters. The summed E-state index contributed by atoms with van der Waals surface area (Å²) in [6.07, 6.45) is 20.5. The third-order valence-corrected chi connectivity index (χ3v) is 6.45. The van der Waals surface area contributed by atoms with Crippen molar-refractivity contribution >= 4 is 0 Å². The number of hydrogen-bond acceptors (Lipinski definition) is 2. The van der Waals surface area contributed by atoms with E-state index in [-0.39, 0.29) is 11.2 Å². The van der Waals surface area contributed by atoms with Gasteiger partial charge in [0, 0.05) is 25.0 Å². The summed E-state index contributed by atoms with van der Waals surface area (Å²) in [7, 11) is 0. The third kappa shape index (κ3) is 9.61. The lowest BCUT2D eigenvalue weighted by atomic mass is 9.66. The van der Waals surface area contributed by atoms with Crippen molar-refractivity contribution in [2.45, 2.75) is 150 Å². The first-order valence-electron chi connectivity index (χ1n) is 12.9. The van der Waals surface area contributed by atoms with Crippen LogP contribution in [-0.4, -0.2) is 19.0 Å². The van der Waals surface area contributed by atoms with Crippen molar-refractivity contribution in [3.05, 3.63) is 0 Å². The smallest absolute Gasteiger partial charge is 0.173 e. The van der Waals surface area contributed by atoms with Gasteiger partial charge in [0.25, 0.3) is 0 Å². The van der Waals surface area contributed by atoms with Gasteiger partial charge >= 0.3 is 0 Å². The van der Waals surface area contributed by atoms with E-state index in [2.05, 4.69) is 41.5 Å².